The van der Waals surface area contributed by atoms with Crippen LogP contribution in [-0.2, 0) is 0 Å². The Kier molecular flexibility index (Phi) is 8.11. The number of methoxy groups -OCH3 is 4. The van der Waals surface area contributed by atoms with E-state index in [1.54, 1.807) is 40.6 Å². The van der Waals surface area contributed by atoms with E-state index >= 15 is 0 Å². The SMILES string of the molecule is CCN1CCN(c2nc(Nc3ccc(OC)cc3OC)nc(Nc3ccc(OC)cc3OC)n2)CC1. The number of nitrogens with zero attached hydrogens (tertiary/aromatic N) is 5. The first-order chi connectivity index (χ1) is 17.6. The van der Waals surface area contributed by atoms with Crippen LogP contribution in [0.1, 0.15) is 6.92 Å². The lowest BCUT2D eigenvalue weighted by Gasteiger charge is -2.34. The fourth-order valence-electron chi connectivity index (χ4n) is 3.93. The molecular formula is C25H33N7O4. The van der Waals surface area contributed by atoms with Crippen molar-refractivity contribution < 1.29 is 18.9 Å². The molecule has 0 saturated carbocycles. The molecule has 0 bridgehead atoms. The van der Waals surface area contributed by atoms with Crippen LogP contribution in [0.25, 0.3) is 0 Å². The van der Waals surface area contributed by atoms with E-state index in [9.17, 15) is 0 Å². The van der Waals surface area contributed by atoms with Gasteiger partial charge < -0.3 is 39.4 Å². The lowest BCUT2D eigenvalue weighted by atomic mass is 10.2. The highest BCUT2D eigenvalue weighted by molar-refractivity contribution is 5.68. The second-order valence-electron chi connectivity index (χ2n) is 8.09. The van der Waals surface area contributed by atoms with Gasteiger partial charge in [-0.2, -0.15) is 15.0 Å². The first kappa shape index (κ1) is 25.1. The Labute approximate surface area is 211 Å². The summed E-state index contributed by atoms with van der Waals surface area (Å²) in [4.78, 5) is 18.7. The molecule has 11 heteroatoms. The van der Waals surface area contributed by atoms with Gasteiger partial charge >= 0.3 is 0 Å². The molecule has 0 aliphatic carbocycles. The van der Waals surface area contributed by atoms with Crippen molar-refractivity contribution in [2.24, 2.45) is 0 Å². The maximum absolute atomic E-state index is 5.54. The Hall–Kier alpha value is -3.99. The minimum absolute atomic E-state index is 0.386. The molecule has 3 aromatic rings. The normalized spacial score (nSPS) is 13.8. The molecule has 1 saturated heterocycles. The van der Waals surface area contributed by atoms with E-state index in [0.29, 0.717) is 52.2 Å². The van der Waals surface area contributed by atoms with Crippen LogP contribution in [0.4, 0.5) is 29.2 Å². The van der Waals surface area contributed by atoms with Crippen molar-refractivity contribution in [1.29, 1.82) is 0 Å². The third kappa shape index (κ3) is 5.80. The highest BCUT2D eigenvalue weighted by Crippen LogP contribution is 2.33. The predicted molar refractivity (Wildman–Crippen MR) is 140 cm³/mol. The van der Waals surface area contributed by atoms with Crippen LogP contribution in [-0.4, -0.2) is 81.0 Å². The Morgan fingerprint density at radius 3 is 1.61 bits per heavy atom. The second kappa shape index (κ2) is 11.6. The number of aromatic nitrogens is 3. The molecule has 192 valence electrons. The number of nitrogens with one attached hydrogen (secondary N) is 2. The van der Waals surface area contributed by atoms with E-state index < -0.39 is 0 Å². The molecule has 36 heavy (non-hydrogen) atoms. The monoisotopic (exact) mass is 495 g/mol. The summed E-state index contributed by atoms with van der Waals surface area (Å²) < 4.78 is 21.7. The van der Waals surface area contributed by atoms with Crippen LogP contribution >= 0.6 is 0 Å². The highest BCUT2D eigenvalue weighted by Gasteiger charge is 2.21. The topological polar surface area (TPSA) is 106 Å². The van der Waals surface area contributed by atoms with E-state index in [2.05, 4.69) is 32.3 Å². The lowest BCUT2D eigenvalue weighted by molar-refractivity contribution is 0.270. The van der Waals surface area contributed by atoms with Gasteiger partial charge in [0.2, 0.25) is 17.8 Å². The maximum atomic E-state index is 5.54. The van der Waals surface area contributed by atoms with Crippen LogP contribution < -0.4 is 34.5 Å². The zero-order chi connectivity index (χ0) is 25.5. The summed E-state index contributed by atoms with van der Waals surface area (Å²) >= 11 is 0. The average molecular weight is 496 g/mol. The van der Waals surface area contributed by atoms with Crippen molar-refractivity contribution in [3.63, 3.8) is 0 Å². The Morgan fingerprint density at radius 1 is 0.694 bits per heavy atom. The van der Waals surface area contributed by atoms with E-state index in [4.69, 9.17) is 28.9 Å². The standard InChI is InChI=1S/C25H33N7O4/c1-6-31-11-13-32(14-12-31)25-29-23(26-19-9-7-17(33-2)15-21(19)35-4)28-24(30-25)27-20-10-8-18(34-3)16-22(20)36-5/h7-10,15-16H,6,11-14H2,1-5H3,(H2,26,27,28,29,30). The van der Waals surface area contributed by atoms with Crippen LogP contribution in [0.2, 0.25) is 0 Å². The van der Waals surface area contributed by atoms with Crippen molar-refractivity contribution in [3.05, 3.63) is 36.4 Å². The summed E-state index contributed by atoms with van der Waals surface area (Å²) in [5, 5.41) is 6.55. The average Bonchev–Trinajstić information content (AvgIpc) is 2.93. The highest BCUT2D eigenvalue weighted by atomic mass is 16.5. The summed E-state index contributed by atoms with van der Waals surface area (Å²) in [6, 6.07) is 11.0. The molecule has 1 fully saturated rings. The molecule has 1 aromatic heterocycles. The molecule has 0 spiro atoms. The Morgan fingerprint density at radius 2 is 1.19 bits per heavy atom. The van der Waals surface area contributed by atoms with Gasteiger partial charge in [-0.05, 0) is 30.8 Å². The Bertz CT molecular complexity index is 1090. The third-order valence-corrected chi connectivity index (χ3v) is 6.04. The summed E-state index contributed by atoms with van der Waals surface area (Å²) in [6.07, 6.45) is 0. The van der Waals surface area contributed by atoms with Crippen molar-refractivity contribution in [3.8, 4) is 23.0 Å². The fraction of sp³-hybridized carbons (Fsp3) is 0.400. The van der Waals surface area contributed by atoms with Gasteiger partial charge in [0.15, 0.2) is 0 Å². The summed E-state index contributed by atoms with van der Waals surface area (Å²) in [7, 11) is 6.44. The van der Waals surface area contributed by atoms with Gasteiger partial charge in [-0.3, -0.25) is 0 Å². The van der Waals surface area contributed by atoms with Crippen LogP contribution in [0.3, 0.4) is 0 Å². The largest absolute Gasteiger partial charge is 0.497 e. The molecule has 11 nitrogen and oxygen atoms in total. The van der Waals surface area contributed by atoms with Crippen molar-refractivity contribution >= 4 is 29.2 Å². The number of hydrogen-bond donors (Lipinski definition) is 2. The van der Waals surface area contributed by atoms with E-state index in [-0.39, 0.29) is 0 Å². The van der Waals surface area contributed by atoms with Gasteiger partial charge in [0.25, 0.3) is 0 Å². The smallest absolute Gasteiger partial charge is 0.233 e. The molecule has 0 radical (unpaired) electrons. The van der Waals surface area contributed by atoms with Gasteiger partial charge in [-0.25, -0.2) is 0 Å². The van der Waals surface area contributed by atoms with Gasteiger partial charge in [0.05, 0.1) is 39.8 Å². The van der Waals surface area contributed by atoms with Crippen molar-refractivity contribution in [1.82, 2.24) is 19.9 Å². The van der Waals surface area contributed by atoms with Crippen LogP contribution in [0.5, 0.6) is 23.0 Å². The minimum atomic E-state index is 0.386. The molecule has 0 amide bonds. The number of benzene rings is 2. The number of hydrogen-bond acceptors (Lipinski definition) is 11. The second-order valence-corrected chi connectivity index (χ2v) is 8.09. The predicted octanol–water partition coefficient (Wildman–Crippen LogP) is 3.54. The third-order valence-electron chi connectivity index (χ3n) is 6.04. The van der Waals surface area contributed by atoms with Gasteiger partial charge in [0.1, 0.15) is 23.0 Å². The molecule has 2 heterocycles. The van der Waals surface area contributed by atoms with Crippen LogP contribution in [0, 0.1) is 0 Å². The number of rotatable bonds is 10. The lowest BCUT2D eigenvalue weighted by Crippen LogP contribution is -2.46. The molecular weight excluding hydrogens is 462 g/mol. The van der Waals surface area contributed by atoms with Crippen LogP contribution in [0.15, 0.2) is 36.4 Å². The van der Waals surface area contributed by atoms with Gasteiger partial charge in [-0.15, -0.1) is 0 Å². The molecule has 2 N–H and O–H groups in total. The zero-order valence-corrected chi connectivity index (χ0v) is 21.4. The Balaban J connectivity index is 1.68. The summed E-state index contributed by atoms with van der Waals surface area (Å²) in [5.41, 5.74) is 1.42. The number of piperazine rings is 1. The van der Waals surface area contributed by atoms with E-state index in [0.717, 1.165) is 32.7 Å². The minimum Gasteiger partial charge on any atom is -0.497 e. The number of likely N-dealkylation sites (N-methyl/N-ethyl adjacent to an activating group) is 1. The molecule has 0 atom stereocenters. The quantitative estimate of drug-likeness (QED) is 0.431. The van der Waals surface area contributed by atoms with Gasteiger partial charge in [0, 0.05) is 38.3 Å². The van der Waals surface area contributed by atoms with Gasteiger partial charge in [-0.1, -0.05) is 6.92 Å². The zero-order valence-electron chi connectivity index (χ0n) is 21.4. The van der Waals surface area contributed by atoms with Crippen molar-refractivity contribution in [2.45, 2.75) is 6.92 Å². The first-order valence-corrected chi connectivity index (χ1v) is 11.8. The molecule has 1 aliphatic rings. The molecule has 0 unspecified atom stereocenters. The molecule has 2 aromatic carbocycles. The number of ether oxygens (including phenoxy) is 4. The fourth-order valence-corrected chi connectivity index (χ4v) is 3.93. The maximum Gasteiger partial charge on any atom is 0.233 e. The molecule has 1 aliphatic heterocycles. The molecule has 4 rings (SSSR count). The van der Waals surface area contributed by atoms with E-state index in [1.807, 2.05) is 24.3 Å². The van der Waals surface area contributed by atoms with E-state index in [1.165, 1.54) is 0 Å². The number of anilines is 5. The first-order valence-electron chi connectivity index (χ1n) is 11.8. The summed E-state index contributed by atoms with van der Waals surface area (Å²) in [5.74, 6) is 3.96. The summed E-state index contributed by atoms with van der Waals surface area (Å²) in [6.45, 7) is 6.76. The van der Waals surface area contributed by atoms with Crippen molar-refractivity contribution in [2.75, 3.05) is 76.7 Å².